The molecule has 0 radical (unpaired) electrons. The SMILES string of the molecule is CC(NC(=O)c1cccc(S(=O)(=O)N(C)C)c1)c1ccc(N2CCCCC2)cc1. The molecule has 1 aliphatic rings. The van der Waals surface area contributed by atoms with E-state index >= 15 is 0 Å². The summed E-state index contributed by atoms with van der Waals surface area (Å²) in [7, 11) is -0.641. The van der Waals surface area contributed by atoms with E-state index in [9.17, 15) is 13.2 Å². The summed E-state index contributed by atoms with van der Waals surface area (Å²) < 4.78 is 25.7. The monoisotopic (exact) mass is 415 g/mol. The lowest BCUT2D eigenvalue weighted by Gasteiger charge is -2.29. The van der Waals surface area contributed by atoms with Crippen LogP contribution in [0.5, 0.6) is 0 Å². The maximum Gasteiger partial charge on any atom is 0.251 e. The van der Waals surface area contributed by atoms with Crippen molar-refractivity contribution in [1.82, 2.24) is 9.62 Å². The van der Waals surface area contributed by atoms with Crippen molar-refractivity contribution >= 4 is 21.6 Å². The molecule has 3 rings (SSSR count). The van der Waals surface area contributed by atoms with Crippen LogP contribution < -0.4 is 10.2 Å². The van der Waals surface area contributed by atoms with Gasteiger partial charge in [-0.25, -0.2) is 12.7 Å². The van der Waals surface area contributed by atoms with Gasteiger partial charge in [-0.15, -0.1) is 0 Å². The van der Waals surface area contributed by atoms with E-state index in [0.717, 1.165) is 23.0 Å². The third-order valence-electron chi connectivity index (χ3n) is 5.34. The number of amides is 1. The van der Waals surface area contributed by atoms with Gasteiger partial charge in [-0.1, -0.05) is 18.2 Å². The number of piperidine rings is 1. The van der Waals surface area contributed by atoms with Crippen LogP contribution in [0.25, 0.3) is 0 Å². The lowest BCUT2D eigenvalue weighted by Crippen LogP contribution is -2.29. The van der Waals surface area contributed by atoms with Crippen LogP contribution in [0.15, 0.2) is 53.4 Å². The Kier molecular flexibility index (Phi) is 6.59. The molecule has 6 nitrogen and oxygen atoms in total. The molecule has 29 heavy (non-hydrogen) atoms. The number of hydrogen-bond donors (Lipinski definition) is 1. The zero-order valence-corrected chi connectivity index (χ0v) is 18.1. The third kappa shape index (κ3) is 4.97. The predicted molar refractivity (Wildman–Crippen MR) is 116 cm³/mol. The van der Waals surface area contributed by atoms with Gasteiger partial charge in [-0.05, 0) is 62.1 Å². The molecule has 1 amide bonds. The lowest BCUT2D eigenvalue weighted by atomic mass is 10.1. The van der Waals surface area contributed by atoms with Crippen LogP contribution in [-0.2, 0) is 10.0 Å². The van der Waals surface area contributed by atoms with Crippen LogP contribution in [0.4, 0.5) is 5.69 Å². The van der Waals surface area contributed by atoms with Crippen molar-refractivity contribution < 1.29 is 13.2 Å². The fraction of sp³-hybridized carbons (Fsp3) is 0.409. The van der Waals surface area contributed by atoms with Crippen molar-refractivity contribution in [3.8, 4) is 0 Å². The summed E-state index contributed by atoms with van der Waals surface area (Å²) in [5, 5.41) is 2.96. The average molecular weight is 416 g/mol. The smallest absolute Gasteiger partial charge is 0.251 e. The average Bonchev–Trinajstić information content (AvgIpc) is 2.74. The molecule has 1 saturated heterocycles. The molecule has 1 fully saturated rings. The maximum atomic E-state index is 12.7. The standard InChI is InChI=1S/C22H29N3O3S/c1-17(18-10-12-20(13-11-18)25-14-5-4-6-15-25)23-22(26)19-8-7-9-21(16-19)29(27,28)24(2)3/h7-13,16-17H,4-6,14-15H2,1-3H3,(H,23,26). The first-order valence-electron chi connectivity index (χ1n) is 9.97. The van der Waals surface area contributed by atoms with Crippen LogP contribution in [0.3, 0.4) is 0 Å². The molecular formula is C22H29N3O3S. The van der Waals surface area contributed by atoms with E-state index in [1.165, 1.54) is 51.2 Å². The van der Waals surface area contributed by atoms with Crippen LogP contribution in [0.1, 0.15) is 48.1 Å². The summed E-state index contributed by atoms with van der Waals surface area (Å²) in [5.41, 5.74) is 2.55. The van der Waals surface area contributed by atoms with Gasteiger partial charge < -0.3 is 10.2 Å². The lowest BCUT2D eigenvalue weighted by molar-refractivity contribution is 0.0939. The van der Waals surface area contributed by atoms with Crippen LogP contribution in [-0.4, -0.2) is 45.8 Å². The molecule has 1 atom stereocenters. The molecule has 0 saturated carbocycles. The normalized spacial score (nSPS) is 15.9. The van der Waals surface area contributed by atoms with Crippen molar-refractivity contribution in [3.05, 3.63) is 59.7 Å². The Balaban J connectivity index is 1.69. The van der Waals surface area contributed by atoms with Crippen molar-refractivity contribution in [2.24, 2.45) is 0 Å². The van der Waals surface area contributed by atoms with Gasteiger partial charge in [0.15, 0.2) is 0 Å². The fourth-order valence-electron chi connectivity index (χ4n) is 3.50. The highest BCUT2D eigenvalue weighted by molar-refractivity contribution is 7.89. The molecule has 0 bridgehead atoms. The first kappa shape index (κ1) is 21.3. The van der Waals surface area contributed by atoms with Gasteiger partial charge >= 0.3 is 0 Å². The molecule has 1 heterocycles. The first-order chi connectivity index (χ1) is 13.8. The van der Waals surface area contributed by atoms with E-state index in [-0.39, 0.29) is 16.8 Å². The van der Waals surface area contributed by atoms with Crippen LogP contribution in [0.2, 0.25) is 0 Å². The highest BCUT2D eigenvalue weighted by Crippen LogP contribution is 2.23. The van der Waals surface area contributed by atoms with Gasteiger partial charge in [0.05, 0.1) is 10.9 Å². The Labute approximate surface area is 173 Å². The van der Waals surface area contributed by atoms with Crippen molar-refractivity contribution in [3.63, 3.8) is 0 Å². The number of hydrogen-bond acceptors (Lipinski definition) is 4. The minimum absolute atomic E-state index is 0.105. The van der Waals surface area contributed by atoms with Gasteiger partial charge in [0.1, 0.15) is 0 Å². The highest BCUT2D eigenvalue weighted by Gasteiger charge is 2.19. The number of carbonyl (C=O) groups is 1. The zero-order chi connectivity index (χ0) is 21.0. The molecule has 1 aliphatic heterocycles. The van der Waals surface area contributed by atoms with Crippen LogP contribution in [0, 0.1) is 0 Å². The van der Waals surface area contributed by atoms with E-state index in [4.69, 9.17) is 0 Å². The van der Waals surface area contributed by atoms with Gasteiger partial charge in [-0.3, -0.25) is 4.79 Å². The van der Waals surface area contributed by atoms with E-state index < -0.39 is 10.0 Å². The number of anilines is 1. The maximum absolute atomic E-state index is 12.7. The molecule has 1 N–H and O–H groups in total. The van der Waals surface area contributed by atoms with Gasteiger partial charge in [0.2, 0.25) is 10.0 Å². The largest absolute Gasteiger partial charge is 0.372 e. The second-order valence-corrected chi connectivity index (χ2v) is 9.80. The van der Waals surface area contributed by atoms with Gasteiger partial charge in [0.25, 0.3) is 5.91 Å². The Hall–Kier alpha value is -2.38. The quantitative estimate of drug-likeness (QED) is 0.785. The second-order valence-electron chi connectivity index (χ2n) is 7.65. The zero-order valence-electron chi connectivity index (χ0n) is 17.3. The number of nitrogens with one attached hydrogen (secondary N) is 1. The Bertz CT molecular complexity index is 950. The fourth-order valence-corrected chi connectivity index (χ4v) is 4.45. The molecule has 1 unspecified atom stereocenters. The molecule has 156 valence electrons. The molecule has 0 spiro atoms. The highest BCUT2D eigenvalue weighted by atomic mass is 32.2. The molecule has 7 heteroatoms. The van der Waals surface area contributed by atoms with E-state index in [0.29, 0.717) is 5.56 Å². The molecule has 2 aromatic carbocycles. The van der Waals surface area contributed by atoms with E-state index in [1.807, 2.05) is 19.1 Å². The minimum Gasteiger partial charge on any atom is -0.372 e. The third-order valence-corrected chi connectivity index (χ3v) is 7.15. The summed E-state index contributed by atoms with van der Waals surface area (Å²) in [6, 6.07) is 14.2. The van der Waals surface area contributed by atoms with Crippen molar-refractivity contribution in [2.45, 2.75) is 37.1 Å². The molecule has 0 aromatic heterocycles. The van der Waals surface area contributed by atoms with E-state index in [2.05, 4.69) is 22.3 Å². The Morgan fingerprint density at radius 2 is 1.69 bits per heavy atom. The number of carbonyl (C=O) groups excluding carboxylic acids is 1. The second kappa shape index (κ2) is 8.97. The first-order valence-corrected chi connectivity index (χ1v) is 11.4. The van der Waals surface area contributed by atoms with Crippen molar-refractivity contribution in [2.75, 3.05) is 32.1 Å². The van der Waals surface area contributed by atoms with Crippen molar-refractivity contribution in [1.29, 1.82) is 0 Å². The van der Waals surface area contributed by atoms with Crippen LogP contribution >= 0.6 is 0 Å². The number of rotatable bonds is 6. The summed E-state index contributed by atoms with van der Waals surface area (Å²) in [6.07, 6.45) is 3.77. The minimum atomic E-state index is -3.58. The van der Waals surface area contributed by atoms with Gasteiger partial charge in [-0.2, -0.15) is 0 Å². The van der Waals surface area contributed by atoms with Gasteiger partial charge in [0, 0.05) is 38.4 Å². The number of sulfonamides is 1. The predicted octanol–water partition coefficient (Wildman–Crippen LogP) is 3.42. The number of benzene rings is 2. The molecule has 0 aliphatic carbocycles. The van der Waals surface area contributed by atoms with E-state index in [1.54, 1.807) is 12.1 Å². The molecule has 2 aromatic rings. The topological polar surface area (TPSA) is 69.7 Å². The summed E-state index contributed by atoms with van der Waals surface area (Å²) >= 11 is 0. The Morgan fingerprint density at radius 1 is 1.03 bits per heavy atom. The molecular weight excluding hydrogens is 386 g/mol. The Morgan fingerprint density at radius 3 is 2.31 bits per heavy atom. The summed E-state index contributed by atoms with van der Waals surface area (Å²) in [5.74, 6) is -0.298. The summed E-state index contributed by atoms with van der Waals surface area (Å²) in [6.45, 7) is 4.11. The number of nitrogens with zero attached hydrogens (tertiary/aromatic N) is 2. The summed E-state index contributed by atoms with van der Waals surface area (Å²) in [4.78, 5) is 15.2.